The topological polar surface area (TPSA) is 54.0 Å². The van der Waals surface area contributed by atoms with Crippen molar-refractivity contribution in [1.29, 1.82) is 0 Å². The number of aryl methyl sites for hydroxylation is 1. The second-order valence-electron chi connectivity index (χ2n) is 6.72. The quantitative estimate of drug-likeness (QED) is 0.849. The fourth-order valence-corrected chi connectivity index (χ4v) is 3.28. The molecule has 6 nitrogen and oxygen atoms in total. The van der Waals surface area contributed by atoms with Crippen LogP contribution in [-0.2, 0) is 4.79 Å². The van der Waals surface area contributed by atoms with E-state index in [1.165, 1.54) is 0 Å². The second-order valence-corrected chi connectivity index (χ2v) is 6.72. The van der Waals surface area contributed by atoms with E-state index in [2.05, 4.69) is 21.2 Å². The molecule has 6 heteroatoms. The zero-order valence-corrected chi connectivity index (χ0v) is 16.2. The minimum Gasteiger partial charge on any atom is -0.497 e. The molecule has 0 radical (unpaired) electrons. The first-order valence-electron chi connectivity index (χ1n) is 9.15. The van der Waals surface area contributed by atoms with Gasteiger partial charge in [0.15, 0.2) is 0 Å². The third-order valence-electron chi connectivity index (χ3n) is 4.79. The van der Waals surface area contributed by atoms with Gasteiger partial charge in [-0.3, -0.25) is 9.69 Å². The van der Waals surface area contributed by atoms with Gasteiger partial charge >= 0.3 is 0 Å². The van der Waals surface area contributed by atoms with E-state index in [9.17, 15) is 4.79 Å². The van der Waals surface area contributed by atoms with Crippen molar-refractivity contribution < 1.29 is 14.3 Å². The third kappa shape index (κ3) is 4.92. The molecule has 1 aliphatic heterocycles. The predicted octanol–water partition coefficient (Wildman–Crippen LogP) is 2.77. The van der Waals surface area contributed by atoms with E-state index in [1.807, 2.05) is 43.3 Å². The van der Waals surface area contributed by atoms with Gasteiger partial charge in [0.05, 0.1) is 26.5 Å². The van der Waals surface area contributed by atoms with Crippen molar-refractivity contribution in [1.82, 2.24) is 4.90 Å². The number of carbonyl (C=O) groups is 1. The molecule has 1 N–H and O–H groups in total. The average molecular weight is 369 g/mol. The molecular weight excluding hydrogens is 342 g/mol. The number of amides is 1. The van der Waals surface area contributed by atoms with E-state index < -0.39 is 0 Å². The summed E-state index contributed by atoms with van der Waals surface area (Å²) in [5.41, 5.74) is 2.96. The van der Waals surface area contributed by atoms with E-state index in [-0.39, 0.29) is 5.91 Å². The monoisotopic (exact) mass is 369 g/mol. The van der Waals surface area contributed by atoms with Crippen molar-refractivity contribution in [3.63, 3.8) is 0 Å². The SMILES string of the molecule is COc1cccc(N2CCN(CC(=O)Nc3cc(C)ccc3OC)CC2)c1. The van der Waals surface area contributed by atoms with E-state index in [1.54, 1.807) is 14.2 Å². The lowest BCUT2D eigenvalue weighted by atomic mass is 10.2. The van der Waals surface area contributed by atoms with Crippen LogP contribution in [0.25, 0.3) is 0 Å². The van der Waals surface area contributed by atoms with Gasteiger partial charge < -0.3 is 19.7 Å². The van der Waals surface area contributed by atoms with Gasteiger partial charge in [0.1, 0.15) is 11.5 Å². The number of methoxy groups -OCH3 is 2. The highest BCUT2D eigenvalue weighted by molar-refractivity contribution is 5.93. The van der Waals surface area contributed by atoms with E-state index in [4.69, 9.17) is 9.47 Å². The van der Waals surface area contributed by atoms with Crippen molar-refractivity contribution in [2.45, 2.75) is 6.92 Å². The zero-order chi connectivity index (χ0) is 19.2. The minimum absolute atomic E-state index is 0.0197. The van der Waals surface area contributed by atoms with Crippen LogP contribution in [0.1, 0.15) is 5.56 Å². The summed E-state index contributed by atoms with van der Waals surface area (Å²) >= 11 is 0. The fourth-order valence-electron chi connectivity index (χ4n) is 3.28. The van der Waals surface area contributed by atoms with Gasteiger partial charge in [0.25, 0.3) is 0 Å². The van der Waals surface area contributed by atoms with Gasteiger partial charge in [-0.2, -0.15) is 0 Å². The normalized spacial score (nSPS) is 14.7. The maximum absolute atomic E-state index is 12.5. The highest BCUT2D eigenvalue weighted by atomic mass is 16.5. The molecule has 27 heavy (non-hydrogen) atoms. The Morgan fingerprint density at radius 3 is 2.52 bits per heavy atom. The van der Waals surface area contributed by atoms with Crippen LogP contribution in [-0.4, -0.2) is 57.8 Å². The number of piperazine rings is 1. The number of rotatable bonds is 6. The van der Waals surface area contributed by atoms with Gasteiger partial charge in [-0.15, -0.1) is 0 Å². The number of nitrogens with zero attached hydrogens (tertiary/aromatic N) is 2. The molecule has 0 aromatic heterocycles. The first kappa shape index (κ1) is 19.0. The number of ether oxygens (including phenoxy) is 2. The van der Waals surface area contributed by atoms with Crippen LogP contribution >= 0.6 is 0 Å². The maximum atomic E-state index is 12.5. The summed E-state index contributed by atoms with van der Waals surface area (Å²) in [6.07, 6.45) is 0. The summed E-state index contributed by atoms with van der Waals surface area (Å²) in [4.78, 5) is 17.0. The lowest BCUT2D eigenvalue weighted by molar-refractivity contribution is -0.117. The number of nitrogens with one attached hydrogen (secondary N) is 1. The van der Waals surface area contributed by atoms with E-state index >= 15 is 0 Å². The fraction of sp³-hybridized carbons (Fsp3) is 0.381. The standard InChI is InChI=1S/C21H27N3O3/c1-16-7-8-20(27-3)19(13-16)22-21(25)15-23-9-11-24(12-10-23)17-5-4-6-18(14-17)26-2/h4-8,13-14H,9-12,15H2,1-3H3,(H,22,25). The molecule has 144 valence electrons. The van der Waals surface area contributed by atoms with Crippen LogP contribution in [0.3, 0.4) is 0 Å². The summed E-state index contributed by atoms with van der Waals surface area (Å²) in [6, 6.07) is 13.9. The largest absolute Gasteiger partial charge is 0.497 e. The van der Waals surface area contributed by atoms with Crippen molar-refractivity contribution in [2.75, 3.05) is 57.2 Å². The van der Waals surface area contributed by atoms with Crippen LogP contribution < -0.4 is 19.7 Å². The number of carbonyl (C=O) groups excluding carboxylic acids is 1. The lowest BCUT2D eigenvalue weighted by Crippen LogP contribution is -2.48. The molecule has 2 aromatic rings. The molecular formula is C21H27N3O3. The molecule has 0 saturated carbocycles. The second kappa shape index (κ2) is 8.77. The molecule has 2 aromatic carbocycles. The van der Waals surface area contributed by atoms with Crippen LogP contribution in [0.5, 0.6) is 11.5 Å². The van der Waals surface area contributed by atoms with Crippen LogP contribution in [0.4, 0.5) is 11.4 Å². The molecule has 0 bridgehead atoms. The Labute approximate surface area is 160 Å². The Bertz CT molecular complexity index is 786. The van der Waals surface area contributed by atoms with Crippen LogP contribution in [0, 0.1) is 6.92 Å². The summed E-state index contributed by atoms with van der Waals surface area (Å²) in [5.74, 6) is 1.52. The molecule has 0 unspecified atom stereocenters. The Morgan fingerprint density at radius 2 is 1.81 bits per heavy atom. The Kier molecular flexibility index (Phi) is 6.19. The first-order valence-corrected chi connectivity index (χ1v) is 9.15. The Hall–Kier alpha value is -2.73. The van der Waals surface area contributed by atoms with Gasteiger partial charge in [0, 0.05) is 37.9 Å². The molecule has 0 aliphatic carbocycles. The highest BCUT2D eigenvalue weighted by Crippen LogP contribution is 2.25. The van der Waals surface area contributed by atoms with Crippen molar-refractivity contribution >= 4 is 17.3 Å². The molecule has 1 amide bonds. The summed E-state index contributed by atoms with van der Waals surface area (Å²) in [5, 5.41) is 2.97. The van der Waals surface area contributed by atoms with Crippen molar-refractivity contribution in [3.05, 3.63) is 48.0 Å². The molecule has 0 atom stereocenters. The summed E-state index contributed by atoms with van der Waals surface area (Å²) in [6.45, 7) is 5.82. The Balaban J connectivity index is 1.53. The number of hydrogen-bond donors (Lipinski definition) is 1. The van der Waals surface area contributed by atoms with Gasteiger partial charge in [-0.1, -0.05) is 12.1 Å². The Morgan fingerprint density at radius 1 is 1.04 bits per heavy atom. The van der Waals surface area contributed by atoms with Crippen molar-refractivity contribution in [2.24, 2.45) is 0 Å². The number of benzene rings is 2. The van der Waals surface area contributed by atoms with E-state index in [0.717, 1.165) is 48.9 Å². The van der Waals surface area contributed by atoms with Crippen LogP contribution in [0.2, 0.25) is 0 Å². The van der Waals surface area contributed by atoms with Crippen LogP contribution in [0.15, 0.2) is 42.5 Å². The number of anilines is 2. The smallest absolute Gasteiger partial charge is 0.238 e. The van der Waals surface area contributed by atoms with Crippen molar-refractivity contribution in [3.8, 4) is 11.5 Å². The molecule has 1 heterocycles. The highest BCUT2D eigenvalue weighted by Gasteiger charge is 2.20. The molecule has 1 aliphatic rings. The molecule has 1 saturated heterocycles. The molecule has 1 fully saturated rings. The zero-order valence-electron chi connectivity index (χ0n) is 16.2. The molecule has 3 rings (SSSR count). The summed E-state index contributed by atoms with van der Waals surface area (Å²) < 4.78 is 10.6. The lowest BCUT2D eigenvalue weighted by Gasteiger charge is -2.35. The number of hydrogen-bond acceptors (Lipinski definition) is 5. The maximum Gasteiger partial charge on any atom is 0.238 e. The molecule has 0 spiro atoms. The van der Waals surface area contributed by atoms with E-state index in [0.29, 0.717) is 12.3 Å². The van der Waals surface area contributed by atoms with Gasteiger partial charge in [-0.25, -0.2) is 0 Å². The summed E-state index contributed by atoms with van der Waals surface area (Å²) in [7, 11) is 3.29. The average Bonchev–Trinajstić information content (AvgIpc) is 2.69. The minimum atomic E-state index is -0.0197. The first-order chi connectivity index (χ1) is 13.1. The third-order valence-corrected chi connectivity index (χ3v) is 4.79. The predicted molar refractivity (Wildman–Crippen MR) is 108 cm³/mol. The van der Waals surface area contributed by atoms with Gasteiger partial charge in [0.2, 0.25) is 5.91 Å². The van der Waals surface area contributed by atoms with Gasteiger partial charge in [-0.05, 0) is 36.8 Å².